The molecule has 1 N–H and O–H groups in total. The van der Waals surface area contributed by atoms with Crippen molar-refractivity contribution in [2.45, 2.75) is 38.1 Å². The van der Waals surface area contributed by atoms with Crippen LogP contribution in [-0.2, 0) is 0 Å². The summed E-state index contributed by atoms with van der Waals surface area (Å²) in [5.74, 6) is -2.34. The molecule has 7 heteroatoms. The average molecular weight is 351 g/mol. The summed E-state index contributed by atoms with van der Waals surface area (Å²) >= 11 is 0. The molecule has 1 aliphatic heterocycles. The number of urea groups is 1. The molecule has 0 aromatic heterocycles. The van der Waals surface area contributed by atoms with Crippen molar-refractivity contribution in [3.63, 3.8) is 0 Å². The number of nitrogens with one attached hydrogen (secondary N) is 1. The molecule has 0 radical (unpaired) electrons. The molecule has 1 saturated carbocycles. The van der Waals surface area contributed by atoms with E-state index in [0.717, 1.165) is 37.8 Å². The predicted octanol–water partition coefficient (Wildman–Crippen LogP) is 2.76. The first kappa shape index (κ1) is 17.6. The summed E-state index contributed by atoms with van der Waals surface area (Å²) in [5.41, 5.74) is 0.128. The van der Waals surface area contributed by atoms with Crippen LogP contribution in [0.4, 0.5) is 13.6 Å². The van der Waals surface area contributed by atoms with Gasteiger partial charge in [0.15, 0.2) is 11.6 Å². The van der Waals surface area contributed by atoms with Crippen molar-refractivity contribution >= 4 is 11.9 Å². The Morgan fingerprint density at radius 2 is 1.60 bits per heavy atom. The van der Waals surface area contributed by atoms with Crippen LogP contribution in [0, 0.1) is 11.6 Å². The van der Waals surface area contributed by atoms with Gasteiger partial charge in [-0.15, -0.1) is 0 Å². The Morgan fingerprint density at radius 1 is 0.920 bits per heavy atom. The van der Waals surface area contributed by atoms with E-state index in [1.165, 1.54) is 6.07 Å². The molecule has 0 spiro atoms. The zero-order valence-corrected chi connectivity index (χ0v) is 14.1. The molecule has 3 rings (SSSR count). The molecule has 136 valence electrons. The van der Waals surface area contributed by atoms with Crippen LogP contribution in [0.3, 0.4) is 0 Å². The number of hydrogen-bond acceptors (Lipinski definition) is 2. The lowest BCUT2D eigenvalue weighted by Crippen LogP contribution is -2.45. The largest absolute Gasteiger partial charge is 0.337 e. The minimum Gasteiger partial charge on any atom is -0.337 e. The summed E-state index contributed by atoms with van der Waals surface area (Å²) in [5, 5.41) is 3.06. The van der Waals surface area contributed by atoms with Crippen molar-refractivity contribution in [3.05, 3.63) is 35.4 Å². The fraction of sp³-hybridized carbons (Fsp3) is 0.556. The van der Waals surface area contributed by atoms with Gasteiger partial charge in [-0.05, 0) is 37.5 Å². The number of rotatable bonds is 2. The van der Waals surface area contributed by atoms with Gasteiger partial charge in [0.25, 0.3) is 5.91 Å². The van der Waals surface area contributed by atoms with Crippen molar-refractivity contribution in [2.75, 3.05) is 26.2 Å². The SMILES string of the molecule is O=C(NC1CCCC1)N1CCCN(C(=O)c2ccc(F)c(F)c2)CC1. The molecule has 0 atom stereocenters. The summed E-state index contributed by atoms with van der Waals surface area (Å²) < 4.78 is 26.4. The van der Waals surface area contributed by atoms with E-state index in [9.17, 15) is 18.4 Å². The third-order valence-electron chi connectivity index (χ3n) is 4.92. The monoisotopic (exact) mass is 351 g/mol. The van der Waals surface area contributed by atoms with Crippen LogP contribution < -0.4 is 5.32 Å². The smallest absolute Gasteiger partial charge is 0.317 e. The quantitative estimate of drug-likeness (QED) is 0.891. The van der Waals surface area contributed by atoms with Crippen molar-refractivity contribution in [1.82, 2.24) is 15.1 Å². The molecule has 1 aliphatic carbocycles. The van der Waals surface area contributed by atoms with Gasteiger partial charge in [0.05, 0.1) is 0 Å². The van der Waals surface area contributed by atoms with Crippen LogP contribution in [0.5, 0.6) is 0 Å². The lowest BCUT2D eigenvalue weighted by atomic mass is 10.2. The molecular formula is C18H23F2N3O2. The van der Waals surface area contributed by atoms with Crippen LogP contribution in [0.2, 0.25) is 0 Å². The Morgan fingerprint density at radius 3 is 2.32 bits per heavy atom. The van der Waals surface area contributed by atoms with Crippen LogP contribution in [0.15, 0.2) is 18.2 Å². The molecular weight excluding hydrogens is 328 g/mol. The van der Waals surface area contributed by atoms with Gasteiger partial charge in [-0.25, -0.2) is 13.6 Å². The maximum atomic E-state index is 13.3. The number of hydrogen-bond donors (Lipinski definition) is 1. The second kappa shape index (κ2) is 7.80. The minimum atomic E-state index is -1.03. The minimum absolute atomic E-state index is 0.0750. The fourth-order valence-corrected chi connectivity index (χ4v) is 3.47. The van der Waals surface area contributed by atoms with Gasteiger partial charge < -0.3 is 15.1 Å². The summed E-state index contributed by atoms with van der Waals surface area (Å²) in [6.07, 6.45) is 5.02. The molecule has 0 bridgehead atoms. The van der Waals surface area contributed by atoms with Crippen LogP contribution in [0.25, 0.3) is 0 Å². The topological polar surface area (TPSA) is 52.7 Å². The van der Waals surface area contributed by atoms with Crippen molar-refractivity contribution < 1.29 is 18.4 Å². The van der Waals surface area contributed by atoms with E-state index in [1.807, 2.05) is 0 Å². The molecule has 0 unspecified atom stereocenters. The van der Waals surface area contributed by atoms with E-state index in [1.54, 1.807) is 9.80 Å². The lowest BCUT2D eigenvalue weighted by Gasteiger charge is -2.24. The Balaban J connectivity index is 1.57. The zero-order chi connectivity index (χ0) is 17.8. The van der Waals surface area contributed by atoms with Crippen LogP contribution >= 0.6 is 0 Å². The van der Waals surface area contributed by atoms with E-state index in [2.05, 4.69) is 5.32 Å². The average Bonchev–Trinajstić information content (AvgIpc) is 2.98. The molecule has 3 amide bonds. The molecule has 1 saturated heterocycles. The van der Waals surface area contributed by atoms with Gasteiger partial charge in [-0.1, -0.05) is 12.8 Å². The number of carbonyl (C=O) groups is 2. The van der Waals surface area contributed by atoms with Crippen molar-refractivity contribution in [3.8, 4) is 0 Å². The number of nitrogens with zero attached hydrogens (tertiary/aromatic N) is 2. The first-order valence-electron chi connectivity index (χ1n) is 8.84. The summed E-state index contributed by atoms with van der Waals surface area (Å²) in [6.45, 7) is 1.90. The molecule has 5 nitrogen and oxygen atoms in total. The third-order valence-corrected chi connectivity index (χ3v) is 4.92. The Labute approximate surface area is 146 Å². The zero-order valence-electron chi connectivity index (χ0n) is 14.1. The molecule has 25 heavy (non-hydrogen) atoms. The molecule has 2 fully saturated rings. The highest BCUT2D eigenvalue weighted by atomic mass is 19.2. The van der Waals surface area contributed by atoms with Crippen molar-refractivity contribution in [1.29, 1.82) is 0 Å². The van der Waals surface area contributed by atoms with E-state index < -0.39 is 11.6 Å². The highest BCUT2D eigenvalue weighted by molar-refractivity contribution is 5.94. The lowest BCUT2D eigenvalue weighted by molar-refractivity contribution is 0.0761. The van der Waals surface area contributed by atoms with Gasteiger partial charge in [0.2, 0.25) is 0 Å². The Kier molecular flexibility index (Phi) is 5.50. The fourth-order valence-electron chi connectivity index (χ4n) is 3.47. The second-order valence-electron chi connectivity index (χ2n) is 6.69. The molecule has 1 aromatic rings. The highest BCUT2D eigenvalue weighted by Gasteiger charge is 2.25. The molecule has 2 aliphatic rings. The summed E-state index contributed by atoms with van der Waals surface area (Å²) in [4.78, 5) is 28.2. The second-order valence-corrected chi connectivity index (χ2v) is 6.69. The standard InChI is InChI=1S/C18H23F2N3O2/c19-15-7-6-13(12-16(15)20)17(24)22-8-3-9-23(11-10-22)18(25)21-14-4-1-2-5-14/h6-7,12,14H,1-5,8-11H2,(H,21,25). The number of amides is 3. The normalized spacial score (nSPS) is 19.0. The maximum Gasteiger partial charge on any atom is 0.317 e. The van der Waals surface area contributed by atoms with Crippen LogP contribution in [-0.4, -0.2) is 54.0 Å². The van der Waals surface area contributed by atoms with Gasteiger partial charge in [-0.3, -0.25) is 4.79 Å². The van der Waals surface area contributed by atoms with E-state index in [0.29, 0.717) is 32.6 Å². The van der Waals surface area contributed by atoms with Crippen molar-refractivity contribution in [2.24, 2.45) is 0 Å². The summed E-state index contributed by atoms with van der Waals surface area (Å²) in [6, 6.07) is 3.36. The molecule has 1 heterocycles. The number of halogens is 2. The Bertz CT molecular complexity index is 647. The molecule has 1 aromatic carbocycles. The maximum absolute atomic E-state index is 13.3. The van der Waals surface area contributed by atoms with Gasteiger partial charge in [0, 0.05) is 37.8 Å². The van der Waals surface area contributed by atoms with Gasteiger partial charge >= 0.3 is 6.03 Å². The Hall–Kier alpha value is -2.18. The van der Waals surface area contributed by atoms with Crippen LogP contribution in [0.1, 0.15) is 42.5 Å². The van der Waals surface area contributed by atoms with E-state index >= 15 is 0 Å². The number of carbonyl (C=O) groups excluding carboxylic acids is 2. The number of benzene rings is 1. The highest BCUT2D eigenvalue weighted by Crippen LogP contribution is 2.18. The predicted molar refractivity (Wildman–Crippen MR) is 89.2 cm³/mol. The van der Waals surface area contributed by atoms with Gasteiger partial charge in [-0.2, -0.15) is 0 Å². The van der Waals surface area contributed by atoms with E-state index in [4.69, 9.17) is 0 Å². The van der Waals surface area contributed by atoms with Gasteiger partial charge in [0.1, 0.15) is 0 Å². The first-order valence-corrected chi connectivity index (χ1v) is 8.84. The summed E-state index contributed by atoms with van der Waals surface area (Å²) in [7, 11) is 0. The van der Waals surface area contributed by atoms with E-state index in [-0.39, 0.29) is 23.5 Å². The first-order chi connectivity index (χ1) is 12.0. The third kappa shape index (κ3) is 4.27.